The molecule has 0 saturated carbocycles. The average molecular weight is 240 g/mol. The van der Waals surface area contributed by atoms with Crippen molar-refractivity contribution in [2.75, 3.05) is 26.5 Å². The SMILES string of the molecule is COc1ccc(NC(C)C(=O)N(C)C)cc1F. The van der Waals surface area contributed by atoms with Crippen LogP contribution >= 0.6 is 0 Å². The molecule has 1 aromatic carbocycles. The zero-order valence-corrected chi connectivity index (χ0v) is 10.5. The van der Waals surface area contributed by atoms with Gasteiger partial charge in [-0.1, -0.05) is 0 Å². The first-order valence-corrected chi connectivity index (χ1v) is 5.27. The summed E-state index contributed by atoms with van der Waals surface area (Å²) in [7, 11) is 4.76. The minimum absolute atomic E-state index is 0.0683. The molecular weight excluding hydrogens is 223 g/mol. The fraction of sp³-hybridized carbons (Fsp3) is 0.417. The van der Waals surface area contributed by atoms with Crippen LogP contribution in [0.1, 0.15) is 6.92 Å². The number of amides is 1. The number of halogens is 1. The number of hydrogen-bond acceptors (Lipinski definition) is 3. The number of carbonyl (C=O) groups is 1. The van der Waals surface area contributed by atoms with Crippen LogP contribution in [-0.4, -0.2) is 38.1 Å². The molecule has 4 nitrogen and oxygen atoms in total. The van der Waals surface area contributed by atoms with Gasteiger partial charge in [0.25, 0.3) is 0 Å². The summed E-state index contributed by atoms with van der Waals surface area (Å²) in [5, 5.41) is 2.93. The molecule has 0 aliphatic carbocycles. The van der Waals surface area contributed by atoms with Gasteiger partial charge in [0.05, 0.1) is 7.11 Å². The lowest BCUT2D eigenvalue weighted by atomic mass is 10.2. The largest absolute Gasteiger partial charge is 0.494 e. The number of benzene rings is 1. The van der Waals surface area contributed by atoms with Crippen molar-refractivity contribution in [1.29, 1.82) is 0 Å². The number of nitrogens with one attached hydrogen (secondary N) is 1. The van der Waals surface area contributed by atoms with Crippen LogP contribution in [0.2, 0.25) is 0 Å². The van der Waals surface area contributed by atoms with Gasteiger partial charge in [-0.3, -0.25) is 4.79 Å². The molecule has 0 spiro atoms. The lowest BCUT2D eigenvalue weighted by Crippen LogP contribution is -2.36. The van der Waals surface area contributed by atoms with Crippen molar-refractivity contribution >= 4 is 11.6 Å². The Morgan fingerprint density at radius 2 is 2.12 bits per heavy atom. The van der Waals surface area contributed by atoms with E-state index in [1.165, 1.54) is 24.1 Å². The van der Waals surface area contributed by atoms with Gasteiger partial charge in [-0.2, -0.15) is 0 Å². The first-order valence-electron chi connectivity index (χ1n) is 5.27. The molecule has 0 radical (unpaired) electrons. The Labute approximate surface area is 100 Å². The highest BCUT2D eigenvalue weighted by atomic mass is 19.1. The monoisotopic (exact) mass is 240 g/mol. The lowest BCUT2D eigenvalue weighted by molar-refractivity contribution is -0.129. The Morgan fingerprint density at radius 3 is 2.59 bits per heavy atom. The quantitative estimate of drug-likeness (QED) is 0.871. The summed E-state index contributed by atoms with van der Waals surface area (Å²) in [6.45, 7) is 1.73. The molecule has 17 heavy (non-hydrogen) atoms. The van der Waals surface area contributed by atoms with Crippen LogP contribution in [0.25, 0.3) is 0 Å². The van der Waals surface area contributed by atoms with Gasteiger partial charge in [-0.25, -0.2) is 4.39 Å². The topological polar surface area (TPSA) is 41.6 Å². The Kier molecular flexibility index (Phi) is 4.31. The summed E-state index contributed by atoms with van der Waals surface area (Å²) in [6, 6.07) is 4.09. The minimum Gasteiger partial charge on any atom is -0.494 e. The molecule has 0 fully saturated rings. The maximum absolute atomic E-state index is 13.4. The molecule has 0 bridgehead atoms. The molecule has 1 amide bonds. The minimum atomic E-state index is -0.456. The second-order valence-corrected chi connectivity index (χ2v) is 3.95. The number of carbonyl (C=O) groups excluding carboxylic acids is 1. The molecule has 0 aromatic heterocycles. The van der Waals surface area contributed by atoms with Crippen molar-refractivity contribution in [3.63, 3.8) is 0 Å². The summed E-state index contributed by atoms with van der Waals surface area (Å²) >= 11 is 0. The molecule has 1 atom stereocenters. The molecule has 1 N–H and O–H groups in total. The maximum atomic E-state index is 13.4. The van der Waals surface area contributed by atoms with Gasteiger partial charge >= 0.3 is 0 Å². The summed E-state index contributed by atoms with van der Waals surface area (Å²) < 4.78 is 18.2. The third-order valence-corrected chi connectivity index (χ3v) is 2.35. The zero-order valence-electron chi connectivity index (χ0n) is 10.5. The van der Waals surface area contributed by atoms with Gasteiger partial charge < -0.3 is 15.0 Å². The molecular formula is C12H17FN2O2. The molecule has 94 valence electrons. The first kappa shape index (κ1) is 13.3. The van der Waals surface area contributed by atoms with Crippen LogP contribution in [0, 0.1) is 5.82 Å². The molecule has 1 unspecified atom stereocenters. The number of anilines is 1. The summed E-state index contributed by atoms with van der Waals surface area (Å²) in [4.78, 5) is 13.1. The van der Waals surface area contributed by atoms with Crippen LogP contribution in [0.15, 0.2) is 18.2 Å². The van der Waals surface area contributed by atoms with E-state index in [2.05, 4.69) is 5.32 Å². The third-order valence-electron chi connectivity index (χ3n) is 2.35. The number of rotatable bonds is 4. The van der Waals surface area contributed by atoms with Crippen LogP contribution in [0.5, 0.6) is 5.75 Å². The van der Waals surface area contributed by atoms with Crippen LogP contribution in [0.4, 0.5) is 10.1 Å². The van der Waals surface area contributed by atoms with E-state index in [1.807, 2.05) is 0 Å². The highest BCUT2D eigenvalue weighted by Crippen LogP contribution is 2.21. The Balaban J connectivity index is 2.75. The van der Waals surface area contributed by atoms with Crippen molar-refractivity contribution in [3.05, 3.63) is 24.0 Å². The van der Waals surface area contributed by atoms with E-state index in [0.29, 0.717) is 5.69 Å². The summed E-state index contributed by atoms with van der Waals surface area (Å²) in [6.07, 6.45) is 0. The predicted molar refractivity (Wildman–Crippen MR) is 64.7 cm³/mol. The fourth-order valence-corrected chi connectivity index (χ4v) is 1.46. The van der Waals surface area contributed by atoms with E-state index in [4.69, 9.17) is 4.74 Å². The van der Waals surface area contributed by atoms with Gasteiger partial charge in [0, 0.05) is 25.8 Å². The van der Waals surface area contributed by atoms with Gasteiger partial charge in [0.1, 0.15) is 6.04 Å². The molecule has 0 heterocycles. The number of ether oxygens (including phenoxy) is 1. The van der Waals surface area contributed by atoms with E-state index < -0.39 is 11.9 Å². The summed E-state index contributed by atoms with van der Waals surface area (Å²) in [5.41, 5.74) is 0.547. The van der Waals surface area contributed by atoms with Crippen LogP contribution in [-0.2, 0) is 4.79 Å². The van der Waals surface area contributed by atoms with Crippen LogP contribution in [0.3, 0.4) is 0 Å². The lowest BCUT2D eigenvalue weighted by Gasteiger charge is -2.19. The Bertz CT molecular complexity index is 407. The Hall–Kier alpha value is -1.78. The smallest absolute Gasteiger partial charge is 0.244 e. The zero-order chi connectivity index (χ0) is 13.0. The van der Waals surface area contributed by atoms with E-state index in [-0.39, 0.29) is 11.7 Å². The van der Waals surface area contributed by atoms with Crippen molar-refractivity contribution in [2.45, 2.75) is 13.0 Å². The van der Waals surface area contributed by atoms with E-state index in [9.17, 15) is 9.18 Å². The summed E-state index contributed by atoms with van der Waals surface area (Å²) in [5.74, 6) is -0.342. The highest BCUT2D eigenvalue weighted by molar-refractivity contribution is 5.83. The number of likely N-dealkylation sites (N-methyl/N-ethyl adjacent to an activating group) is 1. The number of nitrogens with zero attached hydrogens (tertiary/aromatic N) is 1. The average Bonchev–Trinajstić information content (AvgIpc) is 2.28. The van der Waals surface area contributed by atoms with E-state index in [0.717, 1.165) is 0 Å². The van der Waals surface area contributed by atoms with Gasteiger partial charge in [-0.05, 0) is 19.1 Å². The second kappa shape index (κ2) is 5.52. The maximum Gasteiger partial charge on any atom is 0.244 e. The van der Waals surface area contributed by atoms with Gasteiger partial charge in [-0.15, -0.1) is 0 Å². The van der Waals surface area contributed by atoms with Crippen LogP contribution < -0.4 is 10.1 Å². The standard InChI is InChI=1S/C12H17FN2O2/c1-8(12(16)15(2)3)14-9-5-6-11(17-4)10(13)7-9/h5-8,14H,1-4H3. The second-order valence-electron chi connectivity index (χ2n) is 3.95. The molecule has 0 aliphatic rings. The van der Waals surface area contributed by atoms with Gasteiger partial charge in [0.15, 0.2) is 11.6 Å². The van der Waals surface area contributed by atoms with Crippen molar-refractivity contribution in [3.8, 4) is 5.75 Å². The highest BCUT2D eigenvalue weighted by Gasteiger charge is 2.14. The van der Waals surface area contributed by atoms with Gasteiger partial charge in [0.2, 0.25) is 5.91 Å². The Morgan fingerprint density at radius 1 is 1.47 bits per heavy atom. The van der Waals surface area contributed by atoms with Crippen molar-refractivity contribution < 1.29 is 13.9 Å². The third kappa shape index (κ3) is 3.34. The molecule has 1 aromatic rings. The molecule has 5 heteroatoms. The predicted octanol–water partition coefficient (Wildman–Crippen LogP) is 1.72. The first-order chi connectivity index (χ1) is 7.95. The number of methoxy groups -OCH3 is 1. The molecule has 1 rings (SSSR count). The number of hydrogen-bond donors (Lipinski definition) is 1. The molecule has 0 saturated heterocycles. The molecule has 0 aliphatic heterocycles. The van der Waals surface area contributed by atoms with E-state index in [1.54, 1.807) is 27.1 Å². The van der Waals surface area contributed by atoms with Crippen molar-refractivity contribution in [1.82, 2.24) is 4.90 Å². The van der Waals surface area contributed by atoms with E-state index >= 15 is 0 Å². The fourth-order valence-electron chi connectivity index (χ4n) is 1.46. The normalized spacial score (nSPS) is 11.8. The van der Waals surface area contributed by atoms with Crippen molar-refractivity contribution in [2.24, 2.45) is 0 Å².